The van der Waals surface area contributed by atoms with E-state index >= 15 is 0 Å². The van der Waals surface area contributed by atoms with Gasteiger partial charge >= 0.3 is 17.9 Å². The highest BCUT2D eigenvalue weighted by Gasteiger charge is 2.19. The molecule has 0 bridgehead atoms. The smallest absolute Gasteiger partial charge is 0.306 e. The van der Waals surface area contributed by atoms with Crippen LogP contribution in [-0.2, 0) is 28.6 Å². The lowest BCUT2D eigenvalue weighted by molar-refractivity contribution is -0.167. The summed E-state index contributed by atoms with van der Waals surface area (Å²) in [7, 11) is 0. The van der Waals surface area contributed by atoms with Crippen LogP contribution in [0.3, 0.4) is 0 Å². The molecule has 0 aliphatic rings. The van der Waals surface area contributed by atoms with Crippen molar-refractivity contribution in [3.8, 4) is 0 Å². The van der Waals surface area contributed by atoms with Gasteiger partial charge in [0.15, 0.2) is 6.10 Å². The number of hydrogen-bond acceptors (Lipinski definition) is 6. The Morgan fingerprint density at radius 3 is 0.810 bits per heavy atom. The van der Waals surface area contributed by atoms with Crippen LogP contribution in [0.4, 0.5) is 0 Å². The Morgan fingerprint density at radius 2 is 0.494 bits per heavy atom. The standard InChI is InChI=1S/C73H122O6/c1-4-7-10-13-16-19-22-25-28-30-31-32-33-34-35-36-37-38-39-40-41-43-45-48-51-54-57-60-63-66-72(75)78-69-70(68-77-71(74)65-62-59-56-53-50-47-44-27-24-21-18-15-12-9-6-3)79-73(76)67-64-61-58-55-52-49-46-42-29-26-23-20-17-14-11-8-5-2/h7,10,16,18-19,21,25-29,31-32,34-35,37-38,40-41,44,70H,4-6,8-9,11-15,17,20,22-24,30,33,36,39,42-43,45-69H2,1-3H3/b10-7-,19-16-,21-18-,28-25-,29-26-,32-31-,35-34-,38-37-,41-40-,44-27-. The summed E-state index contributed by atoms with van der Waals surface area (Å²) in [4.78, 5) is 38.3. The Balaban J connectivity index is 4.37. The summed E-state index contributed by atoms with van der Waals surface area (Å²) in [6.45, 7) is 6.49. The summed E-state index contributed by atoms with van der Waals surface area (Å²) in [5, 5.41) is 0. The fourth-order valence-electron chi connectivity index (χ4n) is 8.98. The highest BCUT2D eigenvalue weighted by molar-refractivity contribution is 5.71. The lowest BCUT2D eigenvalue weighted by Gasteiger charge is -2.18. The van der Waals surface area contributed by atoms with Crippen LogP contribution >= 0.6 is 0 Å². The van der Waals surface area contributed by atoms with Crippen molar-refractivity contribution < 1.29 is 28.6 Å². The van der Waals surface area contributed by atoms with Crippen LogP contribution in [0.25, 0.3) is 0 Å². The molecule has 0 amide bonds. The molecule has 1 unspecified atom stereocenters. The number of hydrogen-bond donors (Lipinski definition) is 0. The molecular formula is C73H122O6. The van der Waals surface area contributed by atoms with Crippen LogP contribution in [0.15, 0.2) is 122 Å². The average Bonchev–Trinajstić information content (AvgIpc) is 3.45. The van der Waals surface area contributed by atoms with Gasteiger partial charge in [-0.25, -0.2) is 0 Å². The number of allylic oxidation sites excluding steroid dienone is 20. The predicted molar refractivity (Wildman–Crippen MR) is 343 cm³/mol. The summed E-state index contributed by atoms with van der Waals surface area (Å²) in [5.41, 5.74) is 0. The number of unbranched alkanes of at least 4 members (excludes halogenated alkanes) is 28. The topological polar surface area (TPSA) is 78.9 Å². The van der Waals surface area contributed by atoms with Crippen LogP contribution in [0.5, 0.6) is 0 Å². The third-order valence-electron chi connectivity index (χ3n) is 13.9. The lowest BCUT2D eigenvalue weighted by atomic mass is 10.1. The molecule has 0 rings (SSSR count). The van der Waals surface area contributed by atoms with Crippen molar-refractivity contribution in [2.24, 2.45) is 0 Å². The van der Waals surface area contributed by atoms with E-state index in [9.17, 15) is 14.4 Å². The second-order valence-electron chi connectivity index (χ2n) is 21.6. The second kappa shape index (κ2) is 66.3. The van der Waals surface area contributed by atoms with E-state index in [0.717, 1.165) is 135 Å². The van der Waals surface area contributed by atoms with Gasteiger partial charge in [0.05, 0.1) is 0 Å². The van der Waals surface area contributed by atoms with Crippen molar-refractivity contribution in [1.82, 2.24) is 0 Å². The average molecular weight is 1100 g/mol. The zero-order chi connectivity index (χ0) is 57.1. The molecule has 0 fully saturated rings. The molecule has 6 nitrogen and oxygen atoms in total. The molecule has 450 valence electrons. The summed E-state index contributed by atoms with van der Waals surface area (Å²) in [6.07, 6.45) is 92.0. The maximum absolute atomic E-state index is 12.9. The Labute approximate surface area is 488 Å². The molecule has 0 aliphatic heterocycles. The summed E-state index contributed by atoms with van der Waals surface area (Å²) in [5.74, 6) is -0.913. The van der Waals surface area contributed by atoms with Gasteiger partial charge in [0.1, 0.15) is 13.2 Å². The molecule has 0 heterocycles. The zero-order valence-electron chi connectivity index (χ0n) is 51.6. The number of carbonyl (C=O) groups is 3. The zero-order valence-corrected chi connectivity index (χ0v) is 51.6. The lowest BCUT2D eigenvalue weighted by Crippen LogP contribution is -2.30. The molecule has 0 aromatic carbocycles. The molecule has 0 N–H and O–H groups in total. The molecule has 0 aliphatic carbocycles. The highest BCUT2D eigenvalue weighted by atomic mass is 16.6. The molecular weight excluding hydrogens is 973 g/mol. The van der Waals surface area contributed by atoms with Crippen LogP contribution in [-0.4, -0.2) is 37.2 Å². The van der Waals surface area contributed by atoms with Gasteiger partial charge in [0, 0.05) is 19.3 Å². The normalized spacial score (nSPS) is 12.9. The Morgan fingerprint density at radius 1 is 0.266 bits per heavy atom. The van der Waals surface area contributed by atoms with Gasteiger partial charge in [-0.05, 0) is 135 Å². The first-order chi connectivity index (χ1) is 39.0. The number of esters is 3. The van der Waals surface area contributed by atoms with Gasteiger partial charge in [-0.3, -0.25) is 14.4 Å². The van der Waals surface area contributed by atoms with Gasteiger partial charge in [0.25, 0.3) is 0 Å². The van der Waals surface area contributed by atoms with Crippen LogP contribution < -0.4 is 0 Å². The summed E-state index contributed by atoms with van der Waals surface area (Å²) < 4.78 is 16.9. The monoisotopic (exact) mass is 1090 g/mol. The van der Waals surface area contributed by atoms with E-state index in [0.29, 0.717) is 19.3 Å². The Bertz CT molecular complexity index is 1640. The minimum absolute atomic E-state index is 0.0916. The second-order valence-corrected chi connectivity index (χ2v) is 21.6. The molecule has 0 radical (unpaired) electrons. The molecule has 0 aromatic heterocycles. The van der Waals surface area contributed by atoms with E-state index in [1.807, 2.05) is 0 Å². The Kier molecular flexibility index (Phi) is 62.8. The fraction of sp³-hybridized carbons (Fsp3) is 0.685. The van der Waals surface area contributed by atoms with Crippen molar-refractivity contribution in [3.05, 3.63) is 122 Å². The van der Waals surface area contributed by atoms with Crippen molar-refractivity contribution in [2.75, 3.05) is 13.2 Å². The number of rotatable bonds is 59. The van der Waals surface area contributed by atoms with Gasteiger partial charge in [-0.15, -0.1) is 0 Å². The first-order valence-electron chi connectivity index (χ1n) is 33.0. The Hall–Kier alpha value is -4.19. The number of carbonyl (C=O) groups excluding carboxylic acids is 3. The molecule has 1 atom stereocenters. The minimum Gasteiger partial charge on any atom is -0.462 e. The third kappa shape index (κ3) is 64.5. The fourth-order valence-corrected chi connectivity index (χ4v) is 8.98. The van der Waals surface area contributed by atoms with E-state index in [2.05, 4.69) is 142 Å². The van der Waals surface area contributed by atoms with Gasteiger partial charge in [-0.2, -0.15) is 0 Å². The SMILES string of the molecule is CC/C=C\C/C=C\C/C=C\C/C=C\C/C=C\C/C=C\C/C=C\CCCCCCCCCC(=O)OCC(COC(=O)CCCCCCC/C=C\C/C=C\CCCCC)OC(=O)CCCCCCCCC/C=C\CCCCCCCC. The van der Waals surface area contributed by atoms with Crippen LogP contribution in [0.2, 0.25) is 0 Å². The highest BCUT2D eigenvalue weighted by Crippen LogP contribution is 2.15. The largest absolute Gasteiger partial charge is 0.462 e. The summed E-state index contributed by atoms with van der Waals surface area (Å²) in [6, 6.07) is 0. The summed E-state index contributed by atoms with van der Waals surface area (Å²) >= 11 is 0. The van der Waals surface area contributed by atoms with E-state index in [4.69, 9.17) is 14.2 Å². The maximum atomic E-state index is 12.9. The molecule has 0 aromatic rings. The quantitative estimate of drug-likeness (QED) is 0.0261. The van der Waals surface area contributed by atoms with E-state index < -0.39 is 6.10 Å². The van der Waals surface area contributed by atoms with E-state index in [1.54, 1.807) is 0 Å². The van der Waals surface area contributed by atoms with Gasteiger partial charge in [0.2, 0.25) is 0 Å². The van der Waals surface area contributed by atoms with Crippen molar-refractivity contribution in [1.29, 1.82) is 0 Å². The van der Waals surface area contributed by atoms with Crippen LogP contribution in [0.1, 0.15) is 303 Å². The molecule has 0 saturated heterocycles. The van der Waals surface area contributed by atoms with Crippen molar-refractivity contribution >= 4 is 17.9 Å². The van der Waals surface area contributed by atoms with Crippen molar-refractivity contribution in [2.45, 2.75) is 309 Å². The first kappa shape index (κ1) is 74.8. The van der Waals surface area contributed by atoms with Gasteiger partial charge < -0.3 is 14.2 Å². The molecule has 0 saturated carbocycles. The minimum atomic E-state index is -0.795. The predicted octanol–water partition coefficient (Wildman–Crippen LogP) is 22.8. The van der Waals surface area contributed by atoms with Crippen LogP contribution in [0, 0.1) is 0 Å². The van der Waals surface area contributed by atoms with Crippen molar-refractivity contribution in [3.63, 3.8) is 0 Å². The number of ether oxygens (including phenoxy) is 3. The first-order valence-corrected chi connectivity index (χ1v) is 33.0. The maximum Gasteiger partial charge on any atom is 0.306 e. The molecule has 79 heavy (non-hydrogen) atoms. The van der Waals surface area contributed by atoms with Gasteiger partial charge in [-0.1, -0.05) is 271 Å². The molecule has 0 spiro atoms. The van der Waals surface area contributed by atoms with E-state index in [-0.39, 0.29) is 31.1 Å². The molecule has 6 heteroatoms. The van der Waals surface area contributed by atoms with E-state index in [1.165, 1.54) is 128 Å². The third-order valence-corrected chi connectivity index (χ3v) is 13.9.